The Balaban J connectivity index is 1.83. The minimum absolute atomic E-state index is 0.110. The predicted octanol–water partition coefficient (Wildman–Crippen LogP) is 2.22. The molecule has 2 aliphatic rings. The zero-order valence-corrected chi connectivity index (χ0v) is 13.0. The second-order valence-corrected chi connectivity index (χ2v) is 9.31. The first-order valence-corrected chi connectivity index (χ1v) is 10.2. The normalized spacial score (nSPS) is 37.9. The molecule has 106 valence electrons. The van der Waals surface area contributed by atoms with E-state index in [1.54, 1.807) is 0 Å². The van der Waals surface area contributed by atoms with Crippen molar-refractivity contribution < 1.29 is 8.42 Å². The van der Waals surface area contributed by atoms with E-state index in [0.29, 0.717) is 12.1 Å². The summed E-state index contributed by atoms with van der Waals surface area (Å²) in [5.74, 6) is 0. The molecular weight excluding hydrogens is 266 g/mol. The van der Waals surface area contributed by atoms with Gasteiger partial charge in [0, 0.05) is 23.6 Å². The first kappa shape index (κ1) is 14.7. The topological polar surface area (TPSA) is 46.2 Å². The molecule has 18 heavy (non-hydrogen) atoms. The monoisotopic (exact) mass is 291 g/mol. The molecule has 4 atom stereocenters. The van der Waals surface area contributed by atoms with E-state index in [0.717, 1.165) is 30.9 Å². The summed E-state index contributed by atoms with van der Waals surface area (Å²) in [5, 5.41) is 4.40. The van der Waals surface area contributed by atoms with Gasteiger partial charge in [0.15, 0.2) is 0 Å². The molecule has 4 unspecified atom stereocenters. The third-order valence-corrected chi connectivity index (χ3v) is 7.15. The molecule has 0 aromatic heterocycles. The van der Waals surface area contributed by atoms with E-state index in [9.17, 15) is 8.42 Å². The molecule has 0 spiro atoms. The fraction of sp³-hybridized carbons (Fsp3) is 1.00. The van der Waals surface area contributed by atoms with Crippen molar-refractivity contribution in [2.75, 3.05) is 12.5 Å². The number of rotatable bonds is 4. The van der Waals surface area contributed by atoms with E-state index in [1.165, 1.54) is 25.5 Å². The number of hydrogen-bond acceptors (Lipinski definition) is 4. The van der Waals surface area contributed by atoms with E-state index in [-0.39, 0.29) is 5.25 Å². The number of thioether (sulfide) groups is 1. The second kappa shape index (κ2) is 6.14. The van der Waals surface area contributed by atoms with Gasteiger partial charge in [0.25, 0.3) is 0 Å². The smallest absolute Gasteiger partial charge is 0.150 e. The van der Waals surface area contributed by atoms with Gasteiger partial charge in [0.2, 0.25) is 0 Å². The van der Waals surface area contributed by atoms with Gasteiger partial charge >= 0.3 is 0 Å². The van der Waals surface area contributed by atoms with Crippen LogP contribution in [0.15, 0.2) is 0 Å². The Hall–Kier alpha value is 0.260. The summed E-state index contributed by atoms with van der Waals surface area (Å²) in [4.78, 5) is 0. The summed E-state index contributed by atoms with van der Waals surface area (Å²) in [5.41, 5.74) is 0. The molecule has 0 radical (unpaired) electrons. The SMILES string of the molecule is CSC1CCC(NC2CCCC(S(C)(=O)=O)C2)C1. The minimum atomic E-state index is -2.85. The quantitative estimate of drug-likeness (QED) is 0.863. The molecule has 2 saturated carbocycles. The van der Waals surface area contributed by atoms with Gasteiger partial charge in [-0.1, -0.05) is 6.42 Å². The van der Waals surface area contributed by atoms with E-state index in [4.69, 9.17) is 0 Å². The maximum atomic E-state index is 11.6. The van der Waals surface area contributed by atoms with Crippen LogP contribution in [0.2, 0.25) is 0 Å². The van der Waals surface area contributed by atoms with Crippen molar-refractivity contribution in [1.82, 2.24) is 5.32 Å². The zero-order valence-electron chi connectivity index (χ0n) is 11.4. The van der Waals surface area contributed by atoms with Gasteiger partial charge in [-0.3, -0.25) is 0 Å². The Morgan fingerprint density at radius 1 is 1.06 bits per heavy atom. The summed E-state index contributed by atoms with van der Waals surface area (Å²) < 4.78 is 23.3. The fourth-order valence-corrected chi connectivity index (χ4v) is 5.30. The lowest BCUT2D eigenvalue weighted by molar-refractivity contribution is 0.337. The molecule has 0 aliphatic heterocycles. The van der Waals surface area contributed by atoms with Crippen LogP contribution >= 0.6 is 11.8 Å². The highest BCUT2D eigenvalue weighted by molar-refractivity contribution is 7.99. The summed E-state index contributed by atoms with van der Waals surface area (Å²) in [6.07, 6.45) is 11.3. The molecular formula is C13H25NO2S2. The van der Waals surface area contributed by atoms with Gasteiger partial charge in [0.05, 0.1) is 5.25 Å². The van der Waals surface area contributed by atoms with Gasteiger partial charge < -0.3 is 5.32 Å². The van der Waals surface area contributed by atoms with Crippen LogP contribution in [0.5, 0.6) is 0 Å². The molecule has 0 heterocycles. The highest BCUT2D eigenvalue weighted by Gasteiger charge is 2.31. The standard InChI is InChI=1S/C13H25NO2S2/c1-17-12-7-6-11(8-12)14-10-4-3-5-13(9-10)18(2,15)16/h10-14H,3-9H2,1-2H3. The number of sulfone groups is 1. The molecule has 0 aromatic rings. The van der Waals surface area contributed by atoms with Crippen LogP contribution in [0.4, 0.5) is 0 Å². The van der Waals surface area contributed by atoms with Crippen molar-refractivity contribution >= 4 is 21.6 Å². The summed E-state index contributed by atoms with van der Waals surface area (Å²) in [7, 11) is -2.85. The Morgan fingerprint density at radius 3 is 2.39 bits per heavy atom. The third kappa shape index (κ3) is 3.87. The van der Waals surface area contributed by atoms with Gasteiger partial charge in [-0.05, 0) is 44.8 Å². The molecule has 5 heteroatoms. The Kier molecular flexibility index (Phi) is 5.00. The van der Waals surface area contributed by atoms with Crippen LogP contribution in [0.1, 0.15) is 44.9 Å². The molecule has 0 amide bonds. The molecule has 1 N–H and O–H groups in total. The predicted molar refractivity (Wildman–Crippen MR) is 79.0 cm³/mol. The highest BCUT2D eigenvalue weighted by atomic mass is 32.2. The zero-order chi connectivity index (χ0) is 13.2. The average Bonchev–Trinajstić information content (AvgIpc) is 2.76. The van der Waals surface area contributed by atoms with Crippen LogP contribution in [0, 0.1) is 0 Å². The lowest BCUT2D eigenvalue weighted by Crippen LogP contribution is -2.43. The molecule has 3 nitrogen and oxygen atoms in total. The van der Waals surface area contributed by atoms with Crippen LogP contribution in [0.3, 0.4) is 0 Å². The van der Waals surface area contributed by atoms with E-state index < -0.39 is 9.84 Å². The summed E-state index contributed by atoms with van der Waals surface area (Å²) in [6, 6.07) is 1.04. The van der Waals surface area contributed by atoms with Crippen LogP contribution < -0.4 is 5.32 Å². The van der Waals surface area contributed by atoms with E-state index in [1.807, 2.05) is 11.8 Å². The Morgan fingerprint density at radius 2 is 1.78 bits per heavy atom. The largest absolute Gasteiger partial charge is 0.311 e. The van der Waals surface area contributed by atoms with Gasteiger partial charge in [-0.2, -0.15) is 11.8 Å². The van der Waals surface area contributed by atoms with Crippen molar-refractivity contribution in [3.05, 3.63) is 0 Å². The van der Waals surface area contributed by atoms with Crippen molar-refractivity contribution in [1.29, 1.82) is 0 Å². The van der Waals surface area contributed by atoms with Crippen LogP contribution in [0.25, 0.3) is 0 Å². The molecule has 2 fully saturated rings. The highest BCUT2D eigenvalue weighted by Crippen LogP contribution is 2.30. The average molecular weight is 291 g/mol. The van der Waals surface area contributed by atoms with Crippen molar-refractivity contribution in [3.63, 3.8) is 0 Å². The Labute approximate surface area is 115 Å². The number of nitrogens with one attached hydrogen (secondary N) is 1. The molecule has 0 aromatic carbocycles. The maximum absolute atomic E-state index is 11.6. The first-order chi connectivity index (χ1) is 8.49. The second-order valence-electron chi connectivity index (χ2n) is 5.85. The lowest BCUT2D eigenvalue weighted by Gasteiger charge is -2.31. The molecule has 0 bridgehead atoms. The maximum Gasteiger partial charge on any atom is 0.150 e. The van der Waals surface area contributed by atoms with Crippen molar-refractivity contribution in [2.24, 2.45) is 0 Å². The Bertz CT molecular complexity index is 369. The molecule has 2 rings (SSSR count). The van der Waals surface area contributed by atoms with Crippen LogP contribution in [-0.2, 0) is 9.84 Å². The lowest BCUT2D eigenvalue weighted by atomic mass is 9.94. The van der Waals surface area contributed by atoms with Crippen molar-refractivity contribution in [2.45, 2.75) is 67.5 Å². The summed E-state index contributed by atoms with van der Waals surface area (Å²) in [6.45, 7) is 0. The van der Waals surface area contributed by atoms with E-state index in [2.05, 4.69) is 11.6 Å². The van der Waals surface area contributed by atoms with Gasteiger partial charge in [0.1, 0.15) is 9.84 Å². The van der Waals surface area contributed by atoms with E-state index >= 15 is 0 Å². The van der Waals surface area contributed by atoms with Gasteiger partial charge in [-0.25, -0.2) is 8.42 Å². The van der Waals surface area contributed by atoms with Crippen molar-refractivity contribution in [3.8, 4) is 0 Å². The van der Waals surface area contributed by atoms with Gasteiger partial charge in [-0.15, -0.1) is 0 Å². The molecule has 0 saturated heterocycles. The molecule has 2 aliphatic carbocycles. The first-order valence-electron chi connectivity index (χ1n) is 6.96. The third-order valence-electron chi connectivity index (χ3n) is 4.42. The minimum Gasteiger partial charge on any atom is -0.311 e. The number of hydrogen-bond donors (Lipinski definition) is 1. The summed E-state index contributed by atoms with van der Waals surface area (Å²) >= 11 is 1.97. The van der Waals surface area contributed by atoms with Crippen LogP contribution in [-0.4, -0.2) is 43.5 Å². The fourth-order valence-electron chi connectivity index (χ4n) is 3.32.